The normalized spacial score (nSPS) is 18.4. The van der Waals surface area contributed by atoms with Gasteiger partial charge in [0.1, 0.15) is 0 Å². The molecule has 32 heavy (non-hydrogen) atoms. The van der Waals surface area contributed by atoms with Crippen LogP contribution in [-0.4, -0.2) is 59.2 Å². The molecule has 2 aliphatic rings. The zero-order valence-corrected chi connectivity index (χ0v) is 19.5. The van der Waals surface area contributed by atoms with Gasteiger partial charge in [-0.1, -0.05) is 66.2 Å². The Labute approximate surface area is 193 Å². The largest absolute Gasteiger partial charge is 0.400 e. The maximum atomic E-state index is 7.00. The molecule has 170 valence electrons. The van der Waals surface area contributed by atoms with Crippen LogP contribution in [0.2, 0.25) is 0 Å². The van der Waals surface area contributed by atoms with E-state index in [2.05, 4.69) is 76.3 Å². The molecule has 0 radical (unpaired) electrons. The van der Waals surface area contributed by atoms with E-state index in [-0.39, 0.29) is 0 Å². The van der Waals surface area contributed by atoms with E-state index in [9.17, 15) is 0 Å². The first kappa shape index (κ1) is 24.1. The Kier molecular flexibility index (Phi) is 9.89. The molecule has 1 N–H and O–H groups in total. The summed E-state index contributed by atoms with van der Waals surface area (Å²) in [5.74, 6) is 0. The number of aromatic nitrogens is 1. The van der Waals surface area contributed by atoms with E-state index < -0.39 is 0 Å². The van der Waals surface area contributed by atoms with Gasteiger partial charge in [0.2, 0.25) is 0 Å². The zero-order chi connectivity index (χ0) is 22.6. The van der Waals surface area contributed by atoms with E-state index in [4.69, 9.17) is 5.11 Å². The second-order valence-electron chi connectivity index (χ2n) is 8.52. The van der Waals surface area contributed by atoms with Crippen molar-refractivity contribution >= 4 is 0 Å². The highest BCUT2D eigenvalue weighted by atomic mass is 16.2. The lowest BCUT2D eigenvalue weighted by atomic mass is 9.99. The van der Waals surface area contributed by atoms with Gasteiger partial charge in [-0.05, 0) is 62.0 Å². The summed E-state index contributed by atoms with van der Waals surface area (Å²) in [5, 5.41) is 7.00. The molecule has 1 unspecified atom stereocenters. The van der Waals surface area contributed by atoms with Crippen molar-refractivity contribution in [3.05, 3.63) is 90.3 Å². The molecule has 4 heteroatoms. The Balaban J connectivity index is 0.000000173. The predicted octanol–water partition coefficient (Wildman–Crippen LogP) is 5.02. The summed E-state index contributed by atoms with van der Waals surface area (Å²) in [7, 11) is 1.00. The third-order valence-corrected chi connectivity index (χ3v) is 6.16. The van der Waals surface area contributed by atoms with Crippen LogP contribution in [0.4, 0.5) is 0 Å². The van der Waals surface area contributed by atoms with Crippen molar-refractivity contribution in [3.8, 4) is 11.1 Å². The van der Waals surface area contributed by atoms with Gasteiger partial charge in [0.25, 0.3) is 0 Å². The van der Waals surface area contributed by atoms with E-state index in [1.807, 2.05) is 24.5 Å². The van der Waals surface area contributed by atoms with Crippen LogP contribution in [0, 0.1) is 6.92 Å². The number of fused-ring (bicyclic) bond motifs is 1. The molecule has 0 amide bonds. The van der Waals surface area contributed by atoms with Gasteiger partial charge < -0.3 is 5.11 Å². The minimum absolute atomic E-state index is 0.826. The number of hydrogen-bond acceptors (Lipinski definition) is 4. The maximum Gasteiger partial charge on any atom is 0.0319 e. The summed E-state index contributed by atoms with van der Waals surface area (Å²) in [4.78, 5) is 9.46. The Morgan fingerprint density at radius 3 is 2.34 bits per heavy atom. The quantitative estimate of drug-likeness (QED) is 0.632. The van der Waals surface area contributed by atoms with E-state index in [1.165, 1.54) is 67.7 Å². The third kappa shape index (κ3) is 7.27. The van der Waals surface area contributed by atoms with Crippen molar-refractivity contribution in [3.63, 3.8) is 0 Å². The van der Waals surface area contributed by atoms with Crippen LogP contribution >= 0.6 is 0 Å². The number of pyridine rings is 1. The fourth-order valence-electron chi connectivity index (χ4n) is 4.38. The van der Waals surface area contributed by atoms with Crippen molar-refractivity contribution < 1.29 is 5.11 Å². The van der Waals surface area contributed by atoms with Crippen LogP contribution in [0.15, 0.2) is 79.1 Å². The first-order valence-corrected chi connectivity index (χ1v) is 11.7. The SMILES string of the molecule is CO.Cc1cccc(-c2ccccc2)c1.c1cncc(CN2CCCCN3CCC3C2)c1. The first-order valence-electron chi connectivity index (χ1n) is 11.7. The third-order valence-electron chi connectivity index (χ3n) is 6.16. The minimum atomic E-state index is 0.826. The molecular weight excluding hydrogens is 394 g/mol. The molecule has 3 aromatic rings. The highest BCUT2D eigenvalue weighted by Gasteiger charge is 2.30. The smallest absolute Gasteiger partial charge is 0.0319 e. The van der Waals surface area contributed by atoms with Gasteiger partial charge in [-0.3, -0.25) is 14.8 Å². The molecule has 0 spiro atoms. The number of benzene rings is 2. The van der Waals surface area contributed by atoms with Gasteiger partial charge in [-0.15, -0.1) is 0 Å². The monoisotopic (exact) mass is 431 g/mol. The van der Waals surface area contributed by atoms with Crippen LogP contribution in [0.1, 0.15) is 30.4 Å². The molecule has 0 bridgehead atoms. The fraction of sp³-hybridized carbons (Fsp3) is 0.393. The van der Waals surface area contributed by atoms with E-state index in [0.29, 0.717) is 0 Å². The molecule has 2 saturated heterocycles. The molecule has 4 nitrogen and oxygen atoms in total. The lowest BCUT2D eigenvalue weighted by molar-refractivity contribution is 0.0379. The van der Waals surface area contributed by atoms with Crippen LogP contribution in [-0.2, 0) is 6.54 Å². The Morgan fingerprint density at radius 2 is 1.66 bits per heavy atom. The second-order valence-corrected chi connectivity index (χ2v) is 8.52. The summed E-state index contributed by atoms with van der Waals surface area (Å²) in [5.41, 5.74) is 5.23. The molecule has 1 aromatic heterocycles. The Morgan fingerprint density at radius 1 is 0.875 bits per heavy atom. The number of aliphatic hydroxyl groups is 1. The molecule has 2 fully saturated rings. The Bertz CT molecular complexity index is 901. The van der Waals surface area contributed by atoms with Gasteiger partial charge in [-0.2, -0.15) is 0 Å². The molecule has 1 atom stereocenters. The Hall–Kier alpha value is -2.53. The molecule has 5 rings (SSSR count). The van der Waals surface area contributed by atoms with Gasteiger partial charge in [0.05, 0.1) is 0 Å². The highest BCUT2D eigenvalue weighted by molar-refractivity contribution is 5.63. The minimum Gasteiger partial charge on any atom is -0.400 e. The van der Waals surface area contributed by atoms with Gasteiger partial charge in [0.15, 0.2) is 0 Å². The summed E-state index contributed by atoms with van der Waals surface area (Å²) in [6.45, 7) is 8.33. The molecule has 2 aromatic carbocycles. The molecule has 2 aliphatic heterocycles. The topological polar surface area (TPSA) is 39.6 Å². The standard InChI is InChI=1S/C14H21N3.C13H12.CH4O/c1-2-8-17-9-5-14(17)12-16(7-1)11-13-4-3-6-15-10-13;1-11-6-5-9-13(10-11)12-7-3-2-4-8-12;1-2/h3-4,6,10,14H,1-2,5,7-9,11-12H2;2-10H,1H3;2H,1H3. The van der Waals surface area contributed by atoms with Crippen molar-refractivity contribution in [2.75, 3.05) is 33.3 Å². The number of nitrogens with zero attached hydrogens (tertiary/aromatic N) is 3. The second kappa shape index (κ2) is 13.1. The maximum absolute atomic E-state index is 7.00. The van der Waals surface area contributed by atoms with Gasteiger partial charge in [-0.25, -0.2) is 0 Å². The van der Waals surface area contributed by atoms with E-state index in [0.717, 1.165) is 19.7 Å². The van der Waals surface area contributed by atoms with Crippen LogP contribution in [0.25, 0.3) is 11.1 Å². The van der Waals surface area contributed by atoms with E-state index in [1.54, 1.807) is 0 Å². The summed E-state index contributed by atoms with van der Waals surface area (Å²) < 4.78 is 0. The van der Waals surface area contributed by atoms with Crippen LogP contribution < -0.4 is 0 Å². The van der Waals surface area contributed by atoms with Crippen LogP contribution in [0.5, 0.6) is 0 Å². The molecule has 0 saturated carbocycles. The van der Waals surface area contributed by atoms with Crippen molar-refractivity contribution in [1.82, 2.24) is 14.8 Å². The fourth-order valence-corrected chi connectivity index (χ4v) is 4.38. The summed E-state index contributed by atoms with van der Waals surface area (Å²) in [6, 6.07) is 24.0. The molecule has 3 heterocycles. The summed E-state index contributed by atoms with van der Waals surface area (Å²) in [6.07, 6.45) is 7.94. The highest BCUT2D eigenvalue weighted by Crippen LogP contribution is 2.22. The summed E-state index contributed by atoms with van der Waals surface area (Å²) >= 11 is 0. The average molecular weight is 432 g/mol. The van der Waals surface area contributed by atoms with Crippen molar-refractivity contribution in [1.29, 1.82) is 0 Å². The van der Waals surface area contributed by atoms with Gasteiger partial charge in [0, 0.05) is 45.2 Å². The lowest BCUT2D eigenvalue weighted by Crippen LogP contribution is -2.54. The van der Waals surface area contributed by atoms with E-state index >= 15 is 0 Å². The number of aliphatic hydroxyl groups excluding tert-OH is 1. The van der Waals surface area contributed by atoms with Crippen LogP contribution in [0.3, 0.4) is 0 Å². The van der Waals surface area contributed by atoms with Crippen molar-refractivity contribution in [2.45, 2.75) is 38.8 Å². The zero-order valence-electron chi connectivity index (χ0n) is 19.5. The molecular formula is C28H37N3O. The lowest BCUT2D eigenvalue weighted by Gasteiger charge is -2.45. The van der Waals surface area contributed by atoms with Crippen molar-refractivity contribution in [2.24, 2.45) is 0 Å². The number of aryl methyl sites for hydroxylation is 1. The predicted molar refractivity (Wildman–Crippen MR) is 133 cm³/mol. The average Bonchev–Trinajstić information content (AvgIpc) is 2.83. The number of rotatable bonds is 3. The van der Waals surface area contributed by atoms with Gasteiger partial charge >= 0.3 is 0 Å². The first-order chi connectivity index (χ1) is 15.8. The number of hydrogen-bond donors (Lipinski definition) is 1. The molecule has 0 aliphatic carbocycles.